The molecule has 57 heavy (non-hydrogen) atoms. The maximum absolute atomic E-state index is 6.39. The zero-order chi connectivity index (χ0) is 37.2. The minimum Gasteiger partial charge on any atom is -0.455 e. The van der Waals surface area contributed by atoms with Gasteiger partial charge >= 0.3 is 0 Å². The van der Waals surface area contributed by atoms with Crippen molar-refractivity contribution in [3.63, 3.8) is 0 Å². The summed E-state index contributed by atoms with van der Waals surface area (Å²) in [7, 11) is 0. The van der Waals surface area contributed by atoms with Gasteiger partial charge in [-0.15, -0.1) is 0 Å². The molecule has 0 atom stereocenters. The van der Waals surface area contributed by atoms with Crippen molar-refractivity contribution >= 4 is 32.7 Å². The molecule has 7 aromatic carbocycles. The molecular formula is C53H39N3O. The van der Waals surface area contributed by atoms with Gasteiger partial charge in [-0.05, 0) is 119 Å². The summed E-state index contributed by atoms with van der Waals surface area (Å²) < 4.78 is 6.39. The van der Waals surface area contributed by atoms with Crippen molar-refractivity contribution in [3.8, 4) is 56.4 Å². The molecule has 0 saturated heterocycles. The van der Waals surface area contributed by atoms with Gasteiger partial charge in [0.2, 0.25) is 0 Å². The van der Waals surface area contributed by atoms with E-state index in [1.165, 1.54) is 59.6 Å². The highest BCUT2D eigenvalue weighted by atomic mass is 16.3. The van der Waals surface area contributed by atoms with E-state index >= 15 is 0 Å². The van der Waals surface area contributed by atoms with Crippen molar-refractivity contribution in [2.75, 3.05) is 0 Å². The third kappa shape index (κ3) is 4.58. The van der Waals surface area contributed by atoms with Gasteiger partial charge in [-0.25, -0.2) is 15.0 Å². The monoisotopic (exact) mass is 733 g/mol. The van der Waals surface area contributed by atoms with Crippen LogP contribution in [0.15, 0.2) is 156 Å². The van der Waals surface area contributed by atoms with Crippen LogP contribution in [0.5, 0.6) is 0 Å². The fourth-order valence-corrected chi connectivity index (χ4v) is 12.1. The van der Waals surface area contributed by atoms with Crippen LogP contribution in [0, 0.1) is 23.7 Å². The van der Waals surface area contributed by atoms with Crippen LogP contribution in [0.25, 0.3) is 89.1 Å². The van der Waals surface area contributed by atoms with E-state index in [1.807, 2.05) is 18.2 Å². The number of hydrogen-bond acceptors (Lipinski definition) is 4. The van der Waals surface area contributed by atoms with Gasteiger partial charge in [-0.3, -0.25) is 0 Å². The second-order valence-electron chi connectivity index (χ2n) is 17.2. The summed E-state index contributed by atoms with van der Waals surface area (Å²) in [6.07, 6.45) is 6.82. The van der Waals surface area contributed by atoms with Crippen LogP contribution >= 0.6 is 0 Å². The molecule has 4 fully saturated rings. The molecule has 5 aliphatic carbocycles. The predicted molar refractivity (Wildman–Crippen MR) is 230 cm³/mol. The minimum absolute atomic E-state index is 0.0365. The lowest BCUT2D eigenvalue weighted by atomic mass is 9.43. The molecule has 4 bridgehead atoms. The Morgan fingerprint density at radius 1 is 0.421 bits per heavy atom. The number of para-hydroxylation sites is 2. The molecule has 0 N–H and O–H groups in total. The molecule has 5 aliphatic rings. The van der Waals surface area contributed by atoms with Gasteiger partial charge in [-0.2, -0.15) is 0 Å². The molecule has 9 aromatic rings. The molecule has 0 radical (unpaired) electrons. The Morgan fingerprint density at radius 3 is 1.75 bits per heavy atom. The normalized spacial score (nSPS) is 22.8. The van der Waals surface area contributed by atoms with Gasteiger partial charge < -0.3 is 4.42 Å². The molecule has 4 saturated carbocycles. The highest BCUT2D eigenvalue weighted by Crippen LogP contribution is 2.69. The van der Waals surface area contributed by atoms with Gasteiger partial charge in [-0.1, -0.05) is 127 Å². The third-order valence-corrected chi connectivity index (χ3v) is 14.3. The Hall–Kier alpha value is -6.39. The van der Waals surface area contributed by atoms with Crippen LogP contribution < -0.4 is 0 Å². The van der Waals surface area contributed by atoms with Gasteiger partial charge in [0.15, 0.2) is 17.5 Å². The van der Waals surface area contributed by atoms with Crippen LogP contribution in [0.1, 0.15) is 43.2 Å². The van der Waals surface area contributed by atoms with Crippen molar-refractivity contribution in [2.45, 2.75) is 37.5 Å². The van der Waals surface area contributed by atoms with Crippen molar-refractivity contribution in [1.29, 1.82) is 0 Å². The molecule has 0 unspecified atom stereocenters. The lowest BCUT2D eigenvalue weighted by Gasteiger charge is -2.61. The van der Waals surface area contributed by atoms with E-state index in [0.717, 1.165) is 67.4 Å². The standard InChI is InChI=1S/C53H39N3O/c1-2-9-34(10-3-1)50-54-51(35-19-17-33(18-20-35)41-14-8-15-44-43-13-6-7-16-48(43)57-49(41)44)56-52(55-50)38-21-22-42-45-28-36-11-4-5-12-37(36)29-47(45)53(46(42)30-38)39-24-31-23-32(26-39)27-40(53)25-31/h1-22,28-32,39-40H,23-27H2. The van der Waals surface area contributed by atoms with E-state index in [1.54, 1.807) is 5.56 Å². The number of hydrogen-bond donors (Lipinski definition) is 0. The first-order chi connectivity index (χ1) is 28.2. The van der Waals surface area contributed by atoms with Crippen molar-refractivity contribution in [3.05, 3.63) is 163 Å². The van der Waals surface area contributed by atoms with Crippen LogP contribution in [-0.2, 0) is 5.41 Å². The summed E-state index contributed by atoms with van der Waals surface area (Å²) >= 11 is 0. The molecule has 14 rings (SSSR count). The van der Waals surface area contributed by atoms with Crippen LogP contribution in [0.4, 0.5) is 0 Å². The summed E-state index contributed by atoms with van der Waals surface area (Å²) in [6, 6.07) is 54.7. The van der Waals surface area contributed by atoms with Crippen molar-refractivity contribution < 1.29 is 4.42 Å². The first kappa shape index (κ1) is 31.8. The molecule has 0 aliphatic heterocycles. The Labute approximate surface area is 331 Å². The number of benzene rings is 7. The maximum Gasteiger partial charge on any atom is 0.164 e. The average molecular weight is 734 g/mol. The smallest absolute Gasteiger partial charge is 0.164 e. The highest BCUT2D eigenvalue weighted by Gasteiger charge is 2.61. The van der Waals surface area contributed by atoms with E-state index in [9.17, 15) is 0 Å². The SMILES string of the molecule is c1ccc(-c2nc(-c3ccc(-c4cccc5c4oc4ccccc45)cc3)nc(-c3ccc4c(c3)C3(c5cc6ccccc6cc5-4)C4CC5CC(C4)CC3C5)n2)cc1. The number of aromatic nitrogens is 3. The van der Waals surface area contributed by atoms with Gasteiger partial charge in [0.1, 0.15) is 11.2 Å². The summed E-state index contributed by atoms with van der Waals surface area (Å²) in [5.74, 6) is 5.18. The highest BCUT2D eigenvalue weighted by molar-refractivity contribution is 6.09. The number of nitrogens with zero attached hydrogens (tertiary/aromatic N) is 3. The van der Waals surface area contributed by atoms with E-state index < -0.39 is 0 Å². The van der Waals surface area contributed by atoms with Gasteiger partial charge in [0, 0.05) is 38.4 Å². The van der Waals surface area contributed by atoms with E-state index in [2.05, 4.69) is 133 Å². The number of furan rings is 1. The van der Waals surface area contributed by atoms with E-state index in [4.69, 9.17) is 19.4 Å². The predicted octanol–water partition coefficient (Wildman–Crippen LogP) is 13.3. The Bertz CT molecular complexity index is 3060. The van der Waals surface area contributed by atoms with Gasteiger partial charge in [0.05, 0.1) is 0 Å². The quantitative estimate of drug-likeness (QED) is 0.181. The maximum atomic E-state index is 6.39. The second kappa shape index (κ2) is 11.8. The second-order valence-corrected chi connectivity index (χ2v) is 17.2. The summed E-state index contributed by atoms with van der Waals surface area (Å²) in [5.41, 5.74) is 12.9. The molecular weight excluding hydrogens is 695 g/mol. The first-order valence-electron chi connectivity index (χ1n) is 20.7. The fraction of sp³-hybridized carbons (Fsp3) is 0.189. The molecule has 0 amide bonds. The Kier molecular flexibility index (Phi) is 6.59. The fourth-order valence-electron chi connectivity index (χ4n) is 12.1. The first-order valence-corrected chi connectivity index (χ1v) is 20.7. The third-order valence-electron chi connectivity index (χ3n) is 14.3. The molecule has 272 valence electrons. The molecule has 2 heterocycles. The Morgan fingerprint density at radius 2 is 1.00 bits per heavy atom. The lowest BCUT2D eigenvalue weighted by Crippen LogP contribution is -2.55. The summed E-state index contributed by atoms with van der Waals surface area (Å²) in [6.45, 7) is 0. The molecule has 4 heteroatoms. The summed E-state index contributed by atoms with van der Waals surface area (Å²) in [5, 5.41) is 4.94. The number of rotatable bonds is 4. The zero-order valence-corrected chi connectivity index (χ0v) is 31.5. The largest absolute Gasteiger partial charge is 0.455 e. The average Bonchev–Trinajstić information content (AvgIpc) is 3.78. The minimum atomic E-state index is 0.0365. The number of fused-ring (bicyclic) bond motifs is 7. The Balaban J connectivity index is 0.960. The van der Waals surface area contributed by atoms with Crippen LogP contribution in [0.2, 0.25) is 0 Å². The summed E-state index contributed by atoms with van der Waals surface area (Å²) in [4.78, 5) is 15.6. The van der Waals surface area contributed by atoms with Crippen molar-refractivity contribution in [2.24, 2.45) is 23.7 Å². The molecule has 4 nitrogen and oxygen atoms in total. The van der Waals surface area contributed by atoms with Gasteiger partial charge in [0.25, 0.3) is 0 Å². The molecule has 1 spiro atoms. The van der Waals surface area contributed by atoms with Crippen LogP contribution in [0.3, 0.4) is 0 Å². The van der Waals surface area contributed by atoms with Crippen molar-refractivity contribution in [1.82, 2.24) is 15.0 Å². The topological polar surface area (TPSA) is 51.8 Å². The molecule has 2 aromatic heterocycles. The van der Waals surface area contributed by atoms with Crippen LogP contribution in [-0.4, -0.2) is 15.0 Å². The van der Waals surface area contributed by atoms with E-state index in [-0.39, 0.29) is 5.41 Å². The van der Waals surface area contributed by atoms with E-state index in [0.29, 0.717) is 23.5 Å². The zero-order valence-electron chi connectivity index (χ0n) is 31.5. The lowest BCUT2D eigenvalue weighted by molar-refractivity contribution is -0.0398.